The summed E-state index contributed by atoms with van der Waals surface area (Å²) in [5, 5.41) is 11.1. The van der Waals surface area contributed by atoms with Gasteiger partial charge in [-0.05, 0) is 18.2 Å². The lowest BCUT2D eigenvalue weighted by molar-refractivity contribution is -0.142. The number of aliphatic carboxylic acids is 1. The summed E-state index contributed by atoms with van der Waals surface area (Å²) in [6.45, 7) is 0.0227. The zero-order chi connectivity index (χ0) is 13.5. The van der Waals surface area contributed by atoms with Crippen LogP contribution in [0.15, 0.2) is 18.2 Å². The Bertz CT molecular complexity index is 451. The summed E-state index contributed by atoms with van der Waals surface area (Å²) in [6.07, 6.45) is 0. The van der Waals surface area contributed by atoms with Crippen LogP contribution in [0.4, 0.5) is 10.1 Å². The summed E-state index contributed by atoms with van der Waals surface area (Å²) in [5.41, 5.74) is 5.51. The molecule has 0 unspecified atom stereocenters. The molecule has 0 radical (unpaired) electrons. The second-order valence-corrected chi connectivity index (χ2v) is 3.43. The molecule has 18 heavy (non-hydrogen) atoms. The number of carboxylic acids is 1. The van der Waals surface area contributed by atoms with Gasteiger partial charge in [0.2, 0.25) is 0 Å². The number of carbonyl (C=O) groups is 2. The maximum atomic E-state index is 12.9. The summed E-state index contributed by atoms with van der Waals surface area (Å²) in [4.78, 5) is 21.2. The fourth-order valence-electron chi connectivity index (χ4n) is 1.29. The third-order valence-corrected chi connectivity index (χ3v) is 2.03. The van der Waals surface area contributed by atoms with Crippen LogP contribution in [0.5, 0.6) is 0 Å². The molecule has 6 nitrogen and oxygen atoms in total. The third-order valence-electron chi connectivity index (χ3n) is 2.03. The van der Waals surface area contributed by atoms with Crippen LogP contribution in [0.1, 0.15) is 10.4 Å². The SMILES string of the molecule is NC(=O)c1cc(F)ccc1NCCOCC(=O)O. The molecule has 0 aliphatic carbocycles. The number of primary amides is 1. The Kier molecular flexibility index (Phi) is 5.06. The Balaban J connectivity index is 2.51. The lowest BCUT2D eigenvalue weighted by atomic mass is 10.1. The van der Waals surface area contributed by atoms with E-state index in [-0.39, 0.29) is 18.7 Å². The van der Waals surface area contributed by atoms with Gasteiger partial charge in [-0.15, -0.1) is 0 Å². The predicted octanol–water partition coefficient (Wildman–Crippen LogP) is 0.438. The molecule has 0 spiro atoms. The van der Waals surface area contributed by atoms with Crippen LogP contribution in [0.2, 0.25) is 0 Å². The fourth-order valence-corrected chi connectivity index (χ4v) is 1.29. The molecule has 1 amide bonds. The minimum Gasteiger partial charge on any atom is -0.480 e. The largest absolute Gasteiger partial charge is 0.480 e. The molecule has 0 saturated carbocycles. The molecule has 0 bridgehead atoms. The number of anilines is 1. The van der Waals surface area contributed by atoms with Crippen molar-refractivity contribution in [3.63, 3.8) is 0 Å². The Hall–Kier alpha value is -2.15. The number of rotatable bonds is 7. The molecule has 0 fully saturated rings. The first-order valence-corrected chi connectivity index (χ1v) is 5.13. The Morgan fingerprint density at radius 1 is 1.44 bits per heavy atom. The van der Waals surface area contributed by atoms with Crippen molar-refractivity contribution in [2.45, 2.75) is 0 Å². The van der Waals surface area contributed by atoms with E-state index < -0.39 is 24.3 Å². The van der Waals surface area contributed by atoms with Crippen LogP contribution < -0.4 is 11.1 Å². The summed E-state index contributed by atoms with van der Waals surface area (Å²) in [7, 11) is 0. The van der Waals surface area contributed by atoms with Gasteiger partial charge in [-0.3, -0.25) is 4.79 Å². The van der Waals surface area contributed by atoms with Crippen LogP contribution in [-0.4, -0.2) is 36.7 Å². The van der Waals surface area contributed by atoms with Crippen molar-refractivity contribution in [3.8, 4) is 0 Å². The highest BCUT2D eigenvalue weighted by Crippen LogP contribution is 2.16. The number of carbonyl (C=O) groups excluding carboxylic acids is 1. The highest BCUT2D eigenvalue weighted by Gasteiger charge is 2.09. The molecule has 7 heteroatoms. The predicted molar refractivity (Wildman–Crippen MR) is 61.9 cm³/mol. The van der Waals surface area contributed by atoms with Gasteiger partial charge in [0.15, 0.2) is 0 Å². The molecule has 1 rings (SSSR count). The number of halogens is 1. The van der Waals surface area contributed by atoms with Gasteiger partial charge in [0, 0.05) is 12.2 Å². The smallest absolute Gasteiger partial charge is 0.329 e. The van der Waals surface area contributed by atoms with E-state index in [1.165, 1.54) is 12.1 Å². The summed E-state index contributed by atoms with van der Waals surface area (Å²) in [6, 6.07) is 3.60. The lowest BCUT2D eigenvalue weighted by Gasteiger charge is -2.09. The summed E-state index contributed by atoms with van der Waals surface area (Å²) >= 11 is 0. The fraction of sp³-hybridized carbons (Fsp3) is 0.273. The minimum atomic E-state index is -1.06. The van der Waals surface area contributed by atoms with E-state index in [1.807, 2.05) is 0 Å². The van der Waals surface area contributed by atoms with E-state index in [4.69, 9.17) is 15.6 Å². The molecular weight excluding hydrogens is 243 g/mol. The van der Waals surface area contributed by atoms with Crippen molar-refractivity contribution in [3.05, 3.63) is 29.6 Å². The first-order valence-electron chi connectivity index (χ1n) is 5.13. The van der Waals surface area contributed by atoms with E-state index in [1.54, 1.807) is 0 Å². The number of carboxylic acid groups (broad SMARTS) is 1. The second kappa shape index (κ2) is 6.55. The third kappa shape index (κ3) is 4.38. The molecule has 0 aliphatic heterocycles. The highest BCUT2D eigenvalue weighted by molar-refractivity contribution is 5.98. The van der Waals surface area contributed by atoms with Crippen molar-refractivity contribution in [2.75, 3.05) is 25.1 Å². The highest BCUT2D eigenvalue weighted by atomic mass is 19.1. The van der Waals surface area contributed by atoms with Crippen LogP contribution in [0.3, 0.4) is 0 Å². The van der Waals surface area contributed by atoms with Crippen molar-refractivity contribution in [2.24, 2.45) is 5.73 Å². The number of hydrogen-bond acceptors (Lipinski definition) is 4. The molecular formula is C11H13FN2O4. The van der Waals surface area contributed by atoms with E-state index in [2.05, 4.69) is 5.32 Å². The van der Waals surface area contributed by atoms with Crippen molar-refractivity contribution in [1.29, 1.82) is 0 Å². The molecule has 1 aromatic carbocycles. The van der Waals surface area contributed by atoms with Gasteiger partial charge < -0.3 is 20.9 Å². The average molecular weight is 256 g/mol. The molecule has 98 valence electrons. The first-order chi connectivity index (χ1) is 8.50. The monoisotopic (exact) mass is 256 g/mol. The standard InChI is InChI=1S/C11H13FN2O4/c12-7-1-2-9(8(5-7)11(13)17)14-3-4-18-6-10(15)16/h1-2,5,14H,3-4,6H2,(H2,13,17)(H,15,16). The van der Waals surface area contributed by atoms with Crippen LogP contribution in [0, 0.1) is 5.82 Å². The zero-order valence-corrected chi connectivity index (χ0v) is 9.48. The van der Waals surface area contributed by atoms with Gasteiger partial charge >= 0.3 is 5.97 Å². The number of nitrogens with two attached hydrogens (primary N) is 1. The molecule has 0 aliphatic rings. The zero-order valence-electron chi connectivity index (χ0n) is 9.48. The van der Waals surface area contributed by atoms with Crippen molar-refractivity contribution in [1.82, 2.24) is 0 Å². The van der Waals surface area contributed by atoms with Gasteiger partial charge in [-0.25, -0.2) is 9.18 Å². The average Bonchev–Trinajstić information content (AvgIpc) is 2.29. The van der Waals surface area contributed by atoms with Gasteiger partial charge in [0.1, 0.15) is 12.4 Å². The Morgan fingerprint density at radius 2 is 2.17 bits per heavy atom. The van der Waals surface area contributed by atoms with E-state index in [0.717, 1.165) is 6.07 Å². The second-order valence-electron chi connectivity index (χ2n) is 3.43. The van der Waals surface area contributed by atoms with E-state index in [9.17, 15) is 14.0 Å². The van der Waals surface area contributed by atoms with Gasteiger partial charge in [-0.1, -0.05) is 0 Å². The Morgan fingerprint density at radius 3 is 2.78 bits per heavy atom. The quantitative estimate of drug-likeness (QED) is 0.614. The van der Waals surface area contributed by atoms with E-state index >= 15 is 0 Å². The topological polar surface area (TPSA) is 102 Å². The lowest BCUT2D eigenvalue weighted by Crippen LogP contribution is -2.18. The van der Waals surface area contributed by atoms with Crippen LogP contribution in [0.25, 0.3) is 0 Å². The van der Waals surface area contributed by atoms with Crippen molar-refractivity contribution >= 4 is 17.6 Å². The number of ether oxygens (including phenoxy) is 1. The summed E-state index contributed by atoms with van der Waals surface area (Å²) in [5.74, 6) is -2.37. The van der Waals surface area contributed by atoms with Gasteiger partial charge in [-0.2, -0.15) is 0 Å². The normalized spacial score (nSPS) is 10.1. The molecule has 0 heterocycles. The van der Waals surface area contributed by atoms with Crippen molar-refractivity contribution < 1.29 is 23.8 Å². The minimum absolute atomic E-state index is 0.0354. The van der Waals surface area contributed by atoms with Crippen LogP contribution >= 0.6 is 0 Å². The number of hydrogen-bond donors (Lipinski definition) is 3. The molecule has 0 aromatic heterocycles. The summed E-state index contributed by atoms with van der Waals surface area (Å²) < 4.78 is 17.7. The molecule has 0 saturated heterocycles. The molecule has 4 N–H and O–H groups in total. The molecule has 1 aromatic rings. The maximum Gasteiger partial charge on any atom is 0.329 e. The van der Waals surface area contributed by atoms with Crippen LogP contribution in [-0.2, 0) is 9.53 Å². The first kappa shape index (κ1) is 13.9. The maximum absolute atomic E-state index is 12.9. The van der Waals surface area contributed by atoms with Gasteiger partial charge in [0.05, 0.1) is 12.2 Å². The number of amides is 1. The Labute approximate surface area is 103 Å². The number of benzene rings is 1. The number of nitrogens with one attached hydrogen (secondary N) is 1. The van der Waals surface area contributed by atoms with Gasteiger partial charge in [0.25, 0.3) is 5.91 Å². The molecule has 0 atom stereocenters. The van der Waals surface area contributed by atoms with E-state index in [0.29, 0.717) is 5.69 Å².